The first-order chi connectivity index (χ1) is 13.3. The number of nitrogens with zero attached hydrogens (tertiary/aromatic N) is 3. The summed E-state index contributed by atoms with van der Waals surface area (Å²) in [6, 6.07) is 13.1. The van der Waals surface area contributed by atoms with Crippen molar-refractivity contribution in [1.29, 1.82) is 0 Å². The fraction of sp³-hybridized carbons (Fsp3) is 0.273. The summed E-state index contributed by atoms with van der Waals surface area (Å²) in [5.74, 6) is 0.748. The standard InChI is InChI=1S/C22H24ClN3O2/c1-15-10-20(23)8-9-21(15)28-14-17-6-5-7-18(11-17)22(27)25(3)13-19-12-24-26(4)16(19)2/h5-12H,13-14H2,1-4H3. The molecule has 6 heteroatoms. The summed E-state index contributed by atoms with van der Waals surface area (Å²) in [7, 11) is 3.70. The van der Waals surface area contributed by atoms with Crippen LogP contribution in [-0.4, -0.2) is 27.6 Å². The maximum Gasteiger partial charge on any atom is 0.253 e. The molecule has 0 N–H and O–H groups in total. The van der Waals surface area contributed by atoms with Crippen LogP contribution in [0.3, 0.4) is 0 Å². The lowest BCUT2D eigenvalue weighted by Crippen LogP contribution is -2.26. The molecular formula is C22H24ClN3O2. The van der Waals surface area contributed by atoms with Crippen molar-refractivity contribution in [2.45, 2.75) is 27.0 Å². The number of rotatable bonds is 6. The highest BCUT2D eigenvalue weighted by Gasteiger charge is 2.15. The molecule has 0 aliphatic heterocycles. The van der Waals surface area contributed by atoms with Gasteiger partial charge < -0.3 is 9.64 Å². The van der Waals surface area contributed by atoms with Crippen molar-refractivity contribution in [3.05, 3.63) is 81.6 Å². The van der Waals surface area contributed by atoms with Crippen LogP contribution in [0.25, 0.3) is 0 Å². The third-order valence-corrected chi connectivity index (χ3v) is 5.03. The van der Waals surface area contributed by atoms with E-state index in [0.29, 0.717) is 23.7 Å². The van der Waals surface area contributed by atoms with Gasteiger partial charge in [-0.15, -0.1) is 0 Å². The van der Waals surface area contributed by atoms with Gasteiger partial charge in [0.05, 0.1) is 6.20 Å². The average molecular weight is 398 g/mol. The highest BCUT2D eigenvalue weighted by atomic mass is 35.5. The van der Waals surface area contributed by atoms with Crippen LogP contribution < -0.4 is 4.74 Å². The Balaban J connectivity index is 1.67. The predicted octanol–water partition coefficient (Wildman–Crippen LogP) is 4.54. The number of amides is 1. The number of hydrogen-bond donors (Lipinski definition) is 0. The Morgan fingerprint density at radius 1 is 1.21 bits per heavy atom. The first-order valence-corrected chi connectivity index (χ1v) is 9.44. The van der Waals surface area contributed by atoms with Crippen LogP contribution in [0.1, 0.15) is 32.7 Å². The maximum atomic E-state index is 12.8. The highest BCUT2D eigenvalue weighted by Crippen LogP contribution is 2.23. The number of aryl methyl sites for hydroxylation is 2. The summed E-state index contributed by atoms with van der Waals surface area (Å²) in [6.45, 7) is 4.85. The quantitative estimate of drug-likeness (QED) is 0.613. The van der Waals surface area contributed by atoms with Gasteiger partial charge in [-0.2, -0.15) is 5.10 Å². The van der Waals surface area contributed by atoms with Crippen molar-refractivity contribution in [2.75, 3.05) is 7.05 Å². The summed E-state index contributed by atoms with van der Waals surface area (Å²) < 4.78 is 7.70. The third-order valence-electron chi connectivity index (χ3n) is 4.80. The molecule has 0 unspecified atom stereocenters. The smallest absolute Gasteiger partial charge is 0.253 e. The van der Waals surface area contributed by atoms with Crippen LogP contribution in [0.15, 0.2) is 48.7 Å². The topological polar surface area (TPSA) is 47.4 Å². The van der Waals surface area contributed by atoms with E-state index >= 15 is 0 Å². The Labute approximate surface area is 170 Å². The Morgan fingerprint density at radius 2 is 2.00 bits per heavy atom. The largest absolute Gasteiger partial charge is 0.489 e. The van der Waals surface area contributed by atoms with Crippen LogP contribution in [0.5, 0.6) is 5.75 Å². The predicted molar refractivity (Wildman–Crippen MR) is 111 cm³/mol. The van der Waals surface area contributed by atoms with Crippen LogP contribution in [-0.2, 0) is 20.2 Å². The number of carbonyl (C=O) groups excluding carboxylic acids is 1. The number of ether oxygens (including phenoxy) is 1. The highest BCUT2D eigenvalue weighted by molar-refractivity contribution is 6.30. The SMILES string of the molecule is Cc1cc(Cl)ccc1OCc1cccc(C(=O)N(C)Cc2cnn(C)c2C)c1. The molecule has 3 aromatic rings. The van der Waals surface area contributed by atoms with Gasteiger partial charge in [-0.05, 0) is 55.3 Å². The Hall–Kier alpha value is -2.79. The fourth-order valence-corrected chi connectivity index (χ4v) is 3.20. The summed E-state index contributed by atoms with van der Waals surface area (Å²) in [5, 5.41) is 4.92. The molecule has 0 aliphatic rings. The van der Waals surface area contributed by atoms with E-state index < -0.39 is 0 Å². The molecule has 0 saturated carbocycles. The molecule has 0 fully saturated rings. The van der Waals surface area contributed by atoms with Crippen molar-refractivity contribution in [3.63, 3.8) is 0 Å². The number of benzene rings is 2. The molecule has 146 valence electrons. The lowest BCUT2D eigenvalue weighted by atomic mass is 10.1. The van der Waals surface area contributed by atoms with E-state index in [1.54, 1.807) is 24.2 Å². The van der Waals surface area contributed by atoms with Gasteiger partial charge in [0.1, 0.15) is 12.4 Å². The molecular weight excluding hydrogens is 374 g/mol. The lowest BCUT2D eigenvalue weighted by molar-refractivity contribution is 0.0784. The van der Waals surface area contributed by atoms with E-state index in [-0.39, 0.29) is 5.91 Å². The Kier molecular flexibility index (Phi) is 6.05. The summed E-state index contributed by atoms with van der Waals surface area (Å²) in [4.78, 5) is 14.5. The van der Waals surface area contributed by atoms with Gasteiger partial charge in [-0.3, -0.25) is 9.48 Å². The van der Waals surface area contributed by atoms with Crippen molar-refractivity contribution in [1.82, 2.24) is 14.7 Å². The zero-order chi connectivity index (χ0) is 20.3. The lowest BCUT2D eigenvalue weighted by Gasteiger charge is -2.17. The third kappa shape index (κ3) is 4.54. The molecule has 1 heterocycles. The van der Waals surface area contributed by atoms with Gasteiger partial charge in [0.25, 0.3) is 5.91 Å². The van der Waals surface area contributed by atoms with E-state index in [1.807, 2.05) is 62.0 Å². The van der Waals surface area contributed by atoms with Gasteiger partial charge in [0.2, 0.25) is 0 Å². The number of halogens is 1. The van der Waals surface area contributed by atoms with E-state index in [2.05, 4.69) is 5.10 Å². The summed E-state index contributed by atoms with van der Waals surface area (Å²) in [6.07, 6.45) is 1.80. The molecule has 3 rings (SSSR count). The van der Waals surface area contributed by atoms with E-state index in [0.717, 1.165) is 28.1 Å². The normalized spacial score (nSPS) is 10.8. The fourth-order valence-electron chi connectivity index (χ4n) is 2.98. The van der Waals surface area contributed by atoms with Crippen LogP contribution in [0, 0.1) is 13.8 Å². The molecule has 5 nitrogen and oxygen atoms in total. The molecule has 0 atom stereocenters. The van der Waals surface area contributed by atoms with Crippen molar-refractivity contribution >= 4 is 17.5 Å². The van der Waals surface area contributed by atoms with Gasteiger partial charge in [-0.1, -0.05) is 23.7 Å². The van der Waals surface area contributed by atoms with Crippen LogP contribution in [0.4, 0.5) is 0 Å². The second-order valence-corrected chi connectivity index (χ2v) is 7.38. The first kappa shape index (κ1) is 20.0. The average Bonchev–Trinajstić information content (AvgIpc) is 2.99. The minimum Gasteiger partial charge on any atom is -0.489 e. The van der Waals surface area contributed by atoms with Crippen molar-refractivity contribution in [3.8, 4) is 5.75 Å². The monoisotopic (exact) mass is 397 g/mol. The molecule has 1 amide bonds. The maximum absolute atomic E-state index is 12.8. The Morgan fingerprint density at radius 3 is 2.68 bits per heavy atom. The van der Waals surface area contributed by atoms with Gasteiger partial charge >= 0.3 is 0 Å². The van der Waals surface area contributed by atoms with Crippen LogP contribution >= 0.6 is 11.6 Å². The minimum atomic E-state index is -0.0345. The molecule has 1 aromatic heterocycles. The number of hydrogen-bond acceptors (Lipinski definition) is 3. The molecule has 28 heavy (non-hydrogen) atoms. The van der Waals surface area contributed by atoms with Crippen molar-refractivity contribution < 1.29 is 9.53 Å². The summed E-state index contributed by atoms with van der Waals surface area (Å²) in [5.41, 5.74) is 4.65. The van der Waals surface area contributed by atoms with Gasteiger partial charge in [0.15, 0.2) is 0 Å². The number of aromatic nitrogens is 2. The Bertz CT molecular complexity index is 997. The molecule has 0 aliphatic carbocycles. The van der Waals surface area contributed by atoms with Gasteiger partial charge in [0, 0.05) is 42.5 Å². The molecule has 0 bridgehead atoms. The molecule has 0 saturated heterocycles. The summed E-state index contributed by atoms with van der Waals surface area (Å²) >= 11 is 5.99. The molecule has 2 aromatic carbocycles. The second-order valence-electron chi connectivity index (χ2n) is 6.94. The minimum absolute atomic E-state index is 0.0345. The van der Waals surface area contributed by atoms with Gasteiger partial charge in [-0.25, -0.2) is 0 Å². The van der Waals surface area contributed by atoms with E-state index in [9.17, 15) is 4.79 Å². The van der Waals surface area contributed by atoms with Crippen molar-refractivity contribution in [2.24, 2.45) is 7.05 Å². The molecule has 0 spiro atoms. The van der Waals surface area contributed by atoms with Crippen LogP contribution in [0.2, 0.25) is 5.02 Å². The van der Waals surface area contributed by atoms with E-state index in [1.165, 1.54) is 0 Å². The van der Waals surface area contributed by atoms with E-state index in [4.69, 9.17) is 16.3 Å². The second kappa shape index (κ2) is 8.48. The first-order valence-electron chi connectivity index (χ1n) is 9.06. The zero-order valence-corrected chi connectivity index (χ0v) is 17.3. The molecule has 0 radical (unpaired) electrons. The zero-order valence-electron chi connectivity index (χ0n) is 16.6. The number of carbonyl (C=O) groups is 1.